The summed E-state index contributed by atoms with van der Waals surface area (Å²) in [6, 6.07) is 16.4. The maximum atomic E-state index is 12.7. The minimum Gasteiger partial charge on any atom is -0.493 e. The molecule has 4 atom stereocenters. The van der Waals surface area contributed by atoms with Crippen LogP contribution in [-0.4, -0.2) is 25.3 Å². The highest BCUT2D eigenvalue weighted by Gasteiger charge is 2.48. The summed E-state index contributed by atoms with van der Waals surface area (Å²) in [6.07, 6.45) is 1.50. The Labute approximate surface area is 186 Å². The Kier molecular flexibility index (Phi) is 6.30. The molecular formula is C24H26N4O4. The fourth-order valence-corrected chi connectivity index (χ4v) is 4.44. The number of carbonyl (C=O) groups is 1. The molecule has 32 heavy (non-hydrogen) atoms. The van der Waals surface area contributed by atoms with Crippen LogP contribution in [0.1, 0.15) is 41.6 Å². The Bertz CT molecular complexity index is 1060. The topological polar surface area (TPSA) is 119 Å². The lowest BCUT2D eigenvalue weighted by molar-refractivity contribution is 0.0336. The van der Waals surface area contributed by atoms with Gasteiger partial charge in [0.15, 0.2) is 17.7 Å². The van der Waals surface area contributed by atoms with Crippen LogP contribution in [0, 0.1) is 17.2 Å². The number of benzene rings is 2. The van der Waals surface area contributed by atoms with Crippen LogP contribution in [0.5, 0.6) is 11.5 Å². The first-order valence-corrected chi connectivity index (χ1v) is 10.6. The Morgan fingerprint density at radius 2 is 1.97 bits per heavy atom. The molecule has 8 heteroatoms. The van der Waals surface area contributed by atoms with Crippen molar-refractivity contribution >= 4 is 5.97 Å². The molecule has 0 bridgehead atoms. The van der Waals surface area contributed by atoms with Crippen molar-refractivity contribution in [2.24, 2.45) is 11.7 Å². The molecule has 2 aromatic rings. The number of hydrogen-bond acceptors (Lipinski definition) is 8. The smallest absolute Gasteiger partial charge is 0.343 e. The van der Waals surface area contributed by atoms with Crippen molar-refractivity contribution in [1.29, 1.82) is 5.26 Å². The lowest BCUT2D eigenvalue weighted by Crippen LogP contribution is -2.41. The summed E-state index contributed by atoms with van der Waals surface area (Å²) in [5.74, 6) is -0.0900. The van der Waals surface area contributed by atoms with E-state index in [4.69, 9.17) is 19.9 Å². The number of rotatable bonds is 6. The molecule has 8 nitrogen and oxygen atoms in total. The van der Waals surface area contributed by atoms with Gasteiger partial charge in [-0.05, 0) is 36.2 Å². The maximum Gasteiger partial charge on any atom is 0.343 e. The molecule has 166 valence electrons. The number of esters is 1. The largest absolute Gasteiger partial charge is 0.493 e. The van der Waals surface area contributed by atoms with Crippen molar-refractivity contribution in [3.8, 4) is 17.6 Å². The average Bonchev–Trinajstić information content (AvgIpc) is 3.20. The zero-order valence-corrected chi connectivity index (χ0v) is 18.0. The van der Waals surface area contributed by atoms with Crippen molar-refractivity contribution in [2.45, 2.75) is 38.0 Å². The van der Waals surface area contributed by atoms with Crippen LogP contribution in [0.4, 0.5) is 0 Å². The molecule has 2 heterocycles. The van der Waals surface area contributed by atoms with Gasteiger partial charge in [0.05, 0.1) is 18.2 Å². The quantitative estimate of drug-likeness (QED) is 0.469. The first-order chi connectivity index (χ1) is 15.6. The summed E-state index contributed by atoms with van der Waals surface area (Å²) >= 11 is 0. The van der Waals surface area contributed by atoms with Crippen LogP contribution in [0.25, 0.3) is 0 Å². The van der Waals surface area contributed by atoms with Gasteiger partial charge in [0.25, 0.3) is 0 Å². The Hall–Kier alpha value is -3.54. The van der Waals surface area contributed by atoms with Gasteiger partial charge in [-0.3, -0.25) is 5.43 Å². The van der Waals surface area contributed by atoms with E-state index in [1.807, 2.05) is 12.1 Å². The highest BCUT2D eigenvalue weighted by molar-refractivity contribution is 5.91. The fraction of sp³-hybridized carbons (Fsp3) is 0.333. The number of nitrogens with two attached hydrogens (primary N) is 1. The number of nitrogens with zero attached hydrogens (tertiary/aromatic N) is 1. The van der Waals surface area contributed by atoms with Crippen molar-refractivity contribution in [3.63, 3.8) is 0 Å². The molecule has 4 unspecified atom stereocenters. The third-order valence-corrected chi connectivity index (χ3v) is 5.92. The number of allylic oxidation sites excluding steroid dienone is 1. The number of hydrogen-bond donors (Lipinski definition) is 3. The lowest BCUT2D eigenvalue weighted by Gasteiger charge is -2.36. The number of nitriles is 1. The second kappa shape index (κ2) is 9.30. The molecule has 2 aliphatic rings. The zero-order chi connectivity index (χ0) is 22.7. The Morgan fingerprint density at radius 3 is 2.66 bits per heavy atom. The van der Waals surface area contributed by atoms with Gasteiger partial charge in [0.2, 0.25) is 5.88 Å². The van der Waals surface area contributed by atoms with Crippen molar-refractivity contribution in [3.05, 3.63) is 71.1 Å². The number of methoxy groups -OCH3 is 1. The number of ether oxygens (including phenoxy) is 3. The van der Waals surface area contributed by atoms with E-state index in [0.717, 1.165) is 18.4 Å². The fourth-order valence-electron chi connectivity index (χ4n) is 4.44. The highest BCUT2D eigenvalue weighted by Crippen LogP contribution is 2.45. The molecule has 0 aromatic heterocycles. The van der Waals surface area contributed by atoms with Gasteiger partial charge in [-0.1, -0.05) is 37.6 Å². The summed E-state index contributed by atoms with van der Waals surface area (Å²) in [7, 11) is 1.51. The maximum absolute atomic E-state index is 12.7. The first-order valence-electron chi connectivity index (χ1n) is 10.6. The predicted octanol–water partition coefficient (Wildman–Crippen LogP) is 2.94. The van der Waals surface area contributed by atoms with Gasteiger partial charge in [-0.25, -0.2) is 10.2 Å². The van der Waals surface area contributed by atoms with E-state index in [0.29, 0.717) is 16.9 Å². The molecule has 1 saturated heterocycles. The van der Waals surface area contributed by atoms with E-state index in [-0.39, 0.29) is 35.7 Å². The van der Waals surface area contributed by atoms with Gasteiger partial charge in [0.1, 0.15) is 6.07 Å². The molecule has 4 N–H and O–H groups in total. The van der Waals surface area contributed by atoms with Crippen LogP contribution in [-0.2, 0) is 4.74 Å². The van der Waals surface area contributed by atoms with E-state index >= 15 is 0 Å². The number of hydrazine groups is 1. The molecule has 0 radical (unpaired) electrons. The van der Waals surface area contributed by atoms with Gasteiger partial charge < -0.3 is 19.9 Å². The van der Waals surface area contributed by atoms with E-state index in [2.05, 4.69) is 23.8 Å². The highest BCUT2D eigenvalue weighted by atomic mass is 16.6. The van der Waals surface area contributed by atoms with E-state index in [1.165, 1.54) is 7.11 Å². The van der Waals surface area contributed by atoms with Crippen molar-refractivity contribution < 1.29 is 19.0 Å². The average molecular weight is 434 g/mol. The zero-order valence-electron chi connectivity index (χ0n) is 18.0. The van der Waals surface area contributed by atoms with Gasteiger partial charge in [-0.2, -0.15) is 5.26 Å². The summed E-state index contributed by atoms with van der Waals surface area (Å²) in [5, 5.41) is 9.87. The summed E-state index contributed by atoms with van der Waals surface area (Å²) in [5.41, 5.74) is 14.1. The van der Waals surface area contributed by atoms with Crippen LogP contribution >= 0.6 is 0 Å². The molecule has 4 rings (SSSR count). The van der Waals surface area contributed by atoms with E-state index in [9.17, 15) is 10.1 Å². The van der Waals surface area contributed by atoms with Crippen LogP contribution in [0.15, 0.2) is 60.0 Å². The summed E-state index contributed by atoms with van der Waals surface area (Å²) in [6.45, 7) is 2.11. The number of fused-ring (bicyclic) bond motifs is 1. The van der Waals surface area contributed by atoms with Crippen LogP contribution in [0.3, 0.4) is 0 Å². The van der Waals surface area contributed by atoms with Crippen molar-refractivity contribution in [1.82, 2.24) is 10.9 Å². The molecule has 2 aliphatic heterocycles. The predicted molar refractivity (Wildman–Crippen MR) is 117 cm³/mol. The minimum atomic E-state index is -0.491. The molecule has 0 aliphatic carbocycles. The second-order valence-corrected chi connectivity index (χ2v) is 7.83. The number of carbonyl (C=O) groups excluding carboxylic acids is 1. The molecular weight excluding hydrogens is 408 g/mol. The third kappa shape index (κ3) is 4.00. The van der Waals surface area contributed by atoms with Crippen molar-refractivity contribution in [2.75, 3.05) is 7.11 Å². The van der Waals surface area contributed by atoms with E-state index < -0.39 is 5.97 Å². The molecule has 0 amide bonds. The third-order valence-electron chi connectivity index (χ3n) is 5.92. The van der Waals surface area contributed by atoms with E-state index in [1.54, 1.807) is 36.4 Å². The van der Waals surface area contributed by atoms with Gasteiger partial charge in [0, 0.05) is 17.9 Å². The standard InChI is InChI=1S/C24H26N4O4/c1-3-7-17-21-20(16(13-25)22(26)32-23(21)28-27-17)15-10-11-18(30-2)19(12-15)31-24(29)14-8-5-4-6-9-14/h4-6,8-12,17,20-21,23,27-28H,3,7,26H2,1-2H3. The SMILES string of the molecule is CCCC1NNC2OC(N)=C(C#N)C(c3ccc(OC)c(OC(=O)c4ccccc4)c3)C12. The minimum absolute atomic E-state index is 0.0667. The molecule has 2 aromatic carbocycles. The summed E-state index contributed by atoms with van der Waals surface area (Å²) < 4.78 is 16.9. The second-order valence-electron chi connectivity index (χ2n) is 7.83. The monoisotopic (exact) mass is 434 g/mol. The number of nitrogens with one attached hydrogen (secondary N) is 2. The molecule has 0 saturated carbocycles. The lowest BCUT2D eigenvalue weighted by atomic mass is 9.74. The van der Waals surface area contributed by atoms with Crippen LogP contribution in [0.2, 0.25) is 0 Å². The van der Waals surface area contributed by atoms with Gasteiger partial charge in [-0.15, -0.1) is 0 Å². The first kappa shape index (κ1) is 21.7. The van der Waals surface area contributed by atoms with Gasteiger partial charge >= 0.3 is 5.97 Å². The Morgan fingerprint density at radius 1 is 1.19 bits per heavy atom. The summed E-state index contributed by atoms with van der Waals surface area (Å²) in [4.78, 5) is 12.7. The molecule has 0 spiro atoms. The Balaban J connectivity index is 1.74. The molecule has 1 fully saturated rings. The van der Waals surface area contributed by atoms with Crippen LogP contribution < -0.4 is 26.1 Å². The normalized spacial score (nSPS) is 24.3.